The molecule has 0 aliphatic rings. The number of benzene rings is 2. The minimum Gasteiger partial charge on any atom is -0.345 e. The Morgan fingerprint density at radius 2 is 1.70 bits per heavy atom. The lowest BCUT2D eigenvalue weighted by Gasteiger charge is -2.16. The Kier molecular flexibility index (Phi) is 6.09. The zero-order chi connectivity index (χ0) is 22.1. The highest BCUT2D eigenvalue weighted by Gasteiger charge is 2.20. The monoisotopic (exact) mass is 426 g/mol. The number of hydrogen-bond donors (Lipinski definition) is 1. The van der Waals surface area contributed by atoms with Gasteiger partial charge in [0.25, 0.3) is 5.91 Å². The van der Waals surface area contributed by atoms with Gasteiger partial charge in [-0.05, 0) is 50.1 Å². The number of carbonyl (C=O) groups is 1. The van der Waals surface area contributed by atoms with Crippen LogP contribution in [0.25, 0.3) is 5.69 Å². The van der Waals surface area contributed by atoms with Crippen molar-refractivity contribution in [2.45, 2.75) is 31.7 Å². The first-order valence-corrected chi connectivity index (χ1v) is 11.0. The molecule has 2 aromatic carbocycles. The maximum absolute atomic E-state index is 12.8. The summed E-state index contributed by atoms with van der Waals surface area (Å²) < 4.78 is 27.3. The summed E-state index contributed by atoms with van der Waals surface area (Å²) in [5.41, 5.74) is 4.06. The first kappa shape index (κ1) is 21.7. The van der Waals surface area contributed by atoms with E-state index in [0.717, 1.165) is 22.5 Å². The number of para-hydroxylation sites is 1. The van der Waals surface area contributed by atoms with Crippen LogP contribution in [0.3, 0.4) is 0 Å². The van der Waals surface area contributed by atoms with Gasteiger partial charge in [-0.15, -0.1) is 0 Å². The zero-order valence-corrected chi connectivity index (χ0v) is 18.6. The van der Waals surface area contributed by atoms with Crippen LogP contribution in [0.5, 0.6) is 0 Å². The summed E-state index contributed by atoms with van der Waals surface area (Å²) in [5, 5.41) is 7.35. The molecule has 0 aliphatic heterocycles. The van der Waals surface area contributed by atoms with Gasteiger partial charge in [-0.1, -0.05) is 30.3 Å². The Hall–Kier alpha value is -2.97. The van der Waals surface area contributed by atoms with Crippen molar-refractivity contribution < 1.29 is 13.2 Å². The SMILES string of the molecule is Cc1ccccc1-n1ncc(C(=O)NC(C)c2ccc(S(=O)(=O)N(C)C)cc2)c1C. The van der Waals surface area contributed by atoms with Crippen LogP contribution in [0.1, 0.15) is 40.1 Å². The second-order valence-corrected chi connectivity index (χ2v) is 9.55. The molecule has 0 radical (unpaired) electrons. The lowest BCUT2D eigenvalue weighted by Crippen LogP contribution is -2.27. The highest BCUT2D eigenvalue weighted by molar-refractivity contribution is 7.89. The summed E-state index contributed by atoms with van der Waals surface area (Å²) in [6, 6.07) is 14.1. The number of nitrogens with zero attached hydrogens (tertiary/aromatic N) is 3. The fraction of sp³-hybridized carbons (Fsp3) is 0.273. The van der Waals surface area contributed by atoms with E-state index in [9.17, 15) is 13.2 Å². The summed E-state index contributed by atoms with van der Waals surface area (Å²) in [7, 11) is -0.500. The second kappa shape index (κ2) is 8.41. The Balaban J connectivity index is 1.78. The third-order valence-corrected chi connectivity index (χ3v) is 6.93. The van der Waals surface area contributed by atoms with E-state index >= 15 is 0 Å². The van der Waals surface area contributed by atoms with Gasteiger partial charge in [-0.3, -0.25) is 4.79 Å². The molecular weight excluding hydrogens is 400 g/mol. The van der Waals surface area contributed by atoms with Gasteiger partial charge < -0.3 is 5.32 Å². The first-order chi connectivity index (χ1) is 14.1. The molecule has 1 amide bonds. The fourth-order valence-corrected chi connectivity index (χ4v) is 4.08. The lowest BCUT2D eigenvalue weighted by atomic mass is 10.1. The van der Waals surface area contributed by atoms with E-state index in [4.69, 9.17) is 0 Å². The van der Waals surface area contributed by atoms with Crippen LogP contribution in [-0.4, -0.2) is 42.5 Å². The summed E-state index contributed by atoms with van der Waals surface area (Å²) in [4.78, 5) is 13.0. The van der Waals surface area contributed by atoms with Gasteiger partial charge in [0.05, 0.1) is 34.1 Å². The van der Waals surface area contributed by atoms with Crippen LogP contribution in [0.15, 0.2) is 59.6 Å². The van der Waals surface area contributed by atoms with Crippen LogP contribution in [-0.2, 0) is 10.0 Å². The molecule has 1 heterocycles. The Labute approximate surface area is 177 Å². The molecule has 0 saturated heterocycles. The molecule has 0 spiro atoms. The molecule has 0 saturated carbocycles. The topological polar surface area (TPSA) is 84.3 Å². The number of aryl methyl sites for hydroxylation is 1. The minimum atomic E-state index is -3.48. The molecule has 0 bridgehead atoms. The van der Waals surface area contributed by atoms with Gasteiger partial charge in [0.15, 0.2) is 0 Å². The van der Waals surface area contributed by atoms with Crippen molar-refractivity contribution in [3.05, 3.63) is 77.1 Å². The van der Waals surface area contributed by atoms with E-state index in [1.165, 1.54) is 18.4 Å². The summed E-state index contributed by atoms with van der Waals surface area (Å²) in [5.74, 6) is -0.232. The standard InChI is InChI=1S/C22H26N4O3S/c1-15-8-6-7-9-21(15)26-17(3)20(14-23-26)22(27)24-16(2)18-10-12-19(13-11-18)30(28,29)25(4)5/h6-14,16H,1-5H3,(H,24,27). The van der Waals surface area contributed by atoms with Crippen LogP contribution < -0.4 is 5.32 Å². The average Bonchev–Trinajstić information content (AvgIpc) is 3.09. The molecule has 3 rings (SSSR count). The summed E-state index contributed by atoms with van der Waals surface area (Å²) in [6.45, 7) is 5.72. The predicted molar refractivity (Wildman–Crippen MR) is 116 cm³/mol. The van der Waals surface area contributed by atoms with Crippen LogP contribution in [0.4, 0.5) is 0 Å². The third-order valence-electron chi connectivity index (χ3n) is 5.10. The second-order valence-electron chi connectivity index (χ2n) is 7.39. The van der Waals surface area contributed by atoms with Crippen LogP contribution >= 0.6 is 0 Å². The maximum atomic E-state index is 12.8. The van der Waals surface area contributed by atoms with E-state index < -0.39 is 10.0 Å². The molecule has 7 nitrogen and oxygen atoms in total. The largest absolute Gasteiger partial charge is 0.345 e. The van der Waals surface area contributed by atoms with Crippen molar-refractivity contribution in [1.82, 2.24) is 19.4 Å². The predicted octanol–water partition coefficient (Wildman–Crippen LogP) is 3.23. The smallest absolute Gasteiger partial charge is 0.255 e. The Bertz CT molecular complexity index is 1170. The average molecular weight is 427 g/mol. The normalized spacial score (nSPS) is 12.7. The fourth-order valence-electron chi connectivity index (χ4n) is 3.17. The summed E-state index contributed by atoms with van der Waals surface area (Å²) >= 11 is 0. The van der Waals surface area contributed by atoms with E-state index in [2.05, 4.69) is 10.4 Å². The lowest BCUT2D eigenvalue weighted by molar-refractivity contribution is 0.0939. The number of amides is 1. The van der Waals surface area contributed by atoms with Gasteiger partial charge in [-0.2, -0.15) is 5.10 Å². The number of hydrogen-bond acceptors (Lipinski definition) is 4. The zero-order valence-electron chi connectivity index (χ0n) is 17.7. The number of nitrogens with one attached hydrogen (secondary N) is 1. The van der Waals surface area contributed by atoms with Gasteiger partial charge in [0, 0.05) is 14.1 Å². The van der Waals surface area contributed by atoms with Gasteiger partial charge in [0.1, 0.15) is 0 Å². The molecule has 1 aromatic heterocycles. The number of aromatic nitrogens is 2. The van der Waals surface area contributed by atoms with Gasteiger partial charge in [-0.25, -0.2) is 17.4 Å². The van der Waals surface area contributed by atoms with E-state index in [1.807, 2.05) is 45.0 Å². The van der Waals surface area contributed by atoms with Gasteiger partial charge >= 0.3 is 0 Å². The maximum Gasteiger partial charge on any atom is 0.255 e. The van der Waals surface area contributed by atoms with Crippen molar-refractivity contribution in [3.63, 3.8) is 0 Å². The third kappa shape index (κ3) is 4.15. The number of sulfonamides is 1. The van der Waals surface area contributed by atoms with Crippen molar-refractivity contribution in [2.24, 2.45) is 0 Å². The molecular formula is C22H26N4O3S. The minimum absolute atomic E-state index is 0.213. The highest BCUT2D eigenvalue weighted by Crippen LogP contribution is 2.20. The van der Waals surface area contributed by atoms with Gasteiger partial charge in [0.2, 0.25) is 10.0 Å². The molecule has 1 atom stereocenters. The number of carbonyl (C=O) groups excluding carboxylic acids is 1. The van der Waals surface area contributed by atoms with E-state index in [1.54, 1.807) is 35.1 Å². The van der Waals surface area contributed by atoms with Crippen LogP contribution in [0.2, 0.25) is 0 Å². The molecule has 1 unspecified atom stereocenters. The van der Waals surface area contributed by atoms with Crippen molar-refractivity contribution in [1.29, 1.82) is 0 Å². The highest BCUT2D eigenvalue weighted by atomic mass is 32.2. The number of rotatable bonds is 6. The van der Waals surface area contributed by atoms with Crippen LogP contribution in [0, 0.1) is 13.8 Å². The van der Waals surface area contributed by atoms with Crippen molar-refractivity contribution >= 4 is 15.9 Å². The molecule has 158 valence electrons. The van der Waals surface area contributed by atoms with E-state index in [-0.39, 0.29) is 16.8 Å². The van der Waals surface area contributed by atoms with E-state index in [0.29, 0.717) is 5.56 Å². The molecule has 30 heavy (non-hydrogen) atoms. The molecule has 1 N–H and O–H groups in total. The first-order valence-electron chi connectivity index (χ1n) is 9.57. The van der Waals surface area contributed by atoms with Crippen molar-refractivity contribution in [2.75, 3.05) is 14.1 Å². The molecule has 0 fully saturated rings. The molecule has 0 aliphatic carbocycles. The molecule has 8 heteroatoms. The molecule has 3 aromatic rings. The summed E-state index contributed by atoms with van der Waals surface area (Å²) in [6.07, 6.45) is 1.57. The Morgan fingerprint density at radius 3 is 2.30 bits per heavy atom. The Morgan fingerprint density at radius 1 is 1.07 bits per heavy atom. The quantitative estimate of drug-likeness (QED) is 0.656. The van der Waals surface area contributed by atoms with Crippen molar-refractivity contribution in [3.8, 4) is 5.69 Å².